The fourth-order valence-electron chi connectivity index (χ4n) is 4.10. The lowest BCUT2D eigenvalue weighted by atomic mass is 9.76. The standard InChI is InChI=1S/C25H18BrN3/c26-23-17-16-22-24(28-23)27-18-29(22)25(19-10-4-1-5-11-19,20-12-6-2-7-13-20)21-14-8-3-9-15-21/h1-18H. The van der Waals surface area contributed by atoms with E-state index in [0.29, 0.717) is 5.65 Å². The molecule has 140 valence electrons. The summed E-state index contributed by atoms with van der Waals surface area (Å²) in [6.07, 6.45) is 1.90. The second-order valence-corrected chi connectivity index (χ2v) is 7.71. The number of rotatable bonds is 4. The molecule has 3 nitrogen and oxygen atoms in total. The van der Waals surface area contributed by atoms with Crippen molar-refractivity contribution in [2.45, 2.75) is 5.54 Å². The molecule has 0 amide bonds. The molecule has 29 heavy (non-hydrogen) atoms. The van der Waals surface area contributed by atoms with Gasteiger partial charge in [0.15, 0.2) is 5.65 Å². The Morgan fingerprint density at radius 1 is 0.621 bits per heavy atom. The number of pyridine rings is 1. The molecular formula is C25H18BrN3. The van der Waals surface area contributed by atoms with Crippen LogP contribution in [-0.4, -0.2) is 14.5 Å². The Morgan fingerprint density at radius 3 is 1.59 bits per heavy atom. The van der Waals surface area contributed by atoms with Crippen LogP contribution in [-0.2, 0) is 5.54 Å². The summed E-state index contributed by atoms with van der Waals surface area (Å²) in [5, 5.41) is 0. The average molecular weight is 440 g/mol. The van der Waals surface area contributed by atoms with Crippen LogP contribution in [0.2, 0.25) is 0 Å². The molecule has 0 fully saturated rings. The number of fused-ring (bicyclic) bond motifs is 1. The molecule has 5 aromatic rings. The van der Waals surface area contributed by atoms with Crippen molar-refractivity contribution < 1.29 is 0 Å². The fourth-order valence-corrected chi connectivity index (χ4v) is 4.40. The number of imidazole rings is 1. The third-order valence-corrected chi connectivity index (χ3v) is 5.75. The van der Waals surface area contributed by atoms with Gasteiger partial charge >= 0.3 is 0 Å². The number of halogens is 1. The van der Waals surface area contributed by atoms with Gasteiger partial charge in [-0.1, -0.05) is 91.0 Å². The first kappa shape index (κ1) is 17.8. The number of aromatic nitrogens is 3. The summed E-state index contributed by atoms with van der Waals surface area (Å²) >= 11 is 3.47. The van der Waals surface area contributed by atoms with Crippen molar-refractivity contribution in [2.75, 3.05) is 0 Å². The molecule has 0 unspecified atom stereocenters. The maximum absolute atomic E-state index is 4.64. The lowest BCUT2D eigenvalue weighted by Crippen LogP contribution is -2.37. The first-order valence-electron chi connectivity index (χ1n) is 9.47. The van der Waals surface area contributed by atoms with Gasteiger partial charge in [0.25, 0.3) is 0 Å². The van der Waals surface area contributed by atoms with Gasteiger partial charge in [0.1, 0.15) is 10.1 Å². The maximum Gasteiger partial charge on any atom is 0.178 e. The molecule has 0 aliphatic heterocycles. The average Bonchev–Trinajstić information content (AvgIpc) is 3.20. The molecule has 5 rings (SSSR count). The molecule has 4 heteroatoms. The van der Waals surface area contributed by atoms with Crippen molar-refractivity contribution in [1.82, 2.24) is 14.5 Å². The molecule has 0 aliphatic rings. The Bertz CT molecular complexity index is 1150. The van der Waals surface area contributed by atoms with E-state index in [1.165, 1.54) is 16.7 Å². The molecule has 2 heterocycles. The normalized spacial score (nSPS) is 11.6. The third kappa shape index (κ3) is 2.88. The second-order valence-electron chi connectivity index (χ2n) is 6.90. The van der Waals surface area contributed by atoms with E-state index in [4.69, 9.17) is 0 Å². The van der Waals surface area contributed by atoms with E-state index in [2.05, 4.69) is 128 Å². The van der Waals surface area contributed by atoms with E-state index < -0.39 is 5.54 Å². The first-order valence-corrected chi connectivity index (χ1v) is 10.3. The van der Waals surface area contributed by atoms with Crippen molar-refractivity contribution >= 4 is 27.1 Å². The highest BCUT2D eigenvalue weighted by Gasteiger charge is 2.39. The van der Waals surface area contributed by atoms with Crippen molar-refractivity contribution in [1.29, 1.82) is 0 Å². The van der Waals surface area contributed by atoms with Crippen LogP contribution in [0, 0.1) is 0 Å². The molecule has 0 saturated carbocycles. The molecule has 0 N–H and O–H groups in total. The van der Waals surface area contributed by atoms with Crippen LogP contribution < -0.4 is 0 Å². The van der Waals surface area contributed by atoms with Gasteiger partial charge in [-0.05, 0) is 44.8 Å². The lowest BCUT2D eigenvalue weighted by Gasteiger charge is -2.37. The SMILES string of the molecule is Brc1ccc2c(ncn2C(c2ccccc2)(c2ccccc2)c2ccccc2)n1. The van der Waals surface area contributed by atoms with Crippen LogP contribution in [0.5, 0.6) is 0 Å². The van der Waals surface area contributed by atoms with Crippen LogP contribution in [0.4, 0.5) is 0 Å². The molecule has 0 radical (unpaired) electrons. The van der Waals surface area contributed by atoms with E-state index >= 15 is 0 Å². The monoisotopic (exact) mass is 439 g/mol. The highest BCUT2D eigenvalue weighted by Crippen LogP contribution is 2.42. The molecule has 0 atom stereocenters. The highest BCUT2D eigenvalue weighted by atomic mass is 79.9. The Morgan fingerprint density at radius 2 is 1.10 bits per heavy atom. The molecule has 3 aromatic carbocycles. The first-order chi connectivity index (χ1) is 14.3. The van der Waals surface area contributed by atoms with E-state index in [-0.39, 0.29) is 0 Å². The largest absolute Gasteiger partial charge is 0.310 e. The van der Waals surface area contributed by atoms with Crippen LogP contribution in [0.25, 0.3) is 11.2 Å². The summed E-state index contributed by atoms with van der Waals surface area (Å²) in [4.78, 5) is 9.22. The van der Waals surface area contributed by atoms with Gasteiger partial charge < -0.3 is 4.57 Å². The Hall–Kier alpha value is -3.24. The summed E-state index contributed by atoms with van der Waals surface area (Å²) in [6, 6.07) is 35.8. The van der Waals surface area contributed by atoms with Crippen LogP contribution in [0.3, 0.4) is 0 Å². The van der Waals surface area contributed by atoms with Gasteiger partial charge in [-0.15, -0.1) is 0 Å². The second kappa shape index (κ2) is 7.30. The molecule has 0 saturated heterocycles. The van der Waals surface area contributed by atoms with Crippen LogP contribution in [0.15, 0.2) is 114 Å². The topological polar surface area (TPSA) is 30.7 Å². The van der Waals surface area contributed by atoms with Crippen molar-refractivity contribution in [3.63, 3.8) is 0 Å². The molecule has 0 bridgehead atoms. The minimum atomic E-state index is -0.575. The van der Waals surface area contributed by atoms with Crippen LogP contribution >= 0.6 is 15.9 Å². The molecule has 2 aromatic heterocycles. The van der Waals surface area contributed by atoms with Crippen molar-refractivity contribution in [2.24, 2.45) is 0 Å². The summed E-state index contributed by atoms with van der Waals surface area (Å²) in [5.41, 5.74) is 4.61. The number of hydrogen-bond donors (Lipinski definition) is 0. The predicted octanol–water partition coefficient (Wildman–Crippen LogP) is 6.03. The molecule has 0 spiro atoms. The summed E-state index contributed by atoms with van der Waals surface area (Å²) in [5.74, 6) is 0. The van der Waals surface area contributed by atoms with Crippen LogP contribution in [0.1, 0.15) is 16.7 Å². The fraction of sp³-hybridized carbons (Fsp3) is 0.0400. The number of hydrogen-bond acceptors (Lipinski definition) is 2. The zero-order chi connectivity index (χ0) is 19.7. The van der Waals surface area contributed by atoms with Gasteiger partial charge in [0, 0.05) is 0 Å². The number of benzene rings is 3. The quantitative estimate of drug-likeness (QED) is 0.252. The van der Waals surface area contributed by atoms with E-state index in [1.54, 1.807) is 0 Å². The zero-order valence-electron chi connectivity index (χ0n) is 15.6. The third-order valence-electron chi connectivity index (χ3n) is 5.31. The smallest absolute Gasteiger partial charge is 0.178 e. The number of nitrogens with zero attached hydrogens (tertiary/aromatic N) is 3. The summed E-state index contributed by atoms with van der Waals surface area (Å²) in [7, 11) is 0. The Balaban J connectivity index is 1.95. The summed E-state index contributed by atoms with van der Waals surface area (Å²) in [6.45, 7) is 0. The molecule has 0 aliphatic carbocycles. The van der Waals surface area contributed by atoms with Gasteiger partial charge in [0.05, 0.1) is 11.8 Å². The Labute approximate surface area is 177 Å². The van der Waals surface area contributed by atoms with Gasteiger partial charge in [-0.25, -0.2) is 9.97 Å². The van der Waals surface area contributed by atoms with Gasteiger partial charge in [0.2, 0.25) is 0 Å². The highest BCUT2D eigenvalue weighted by molar-refractivity contribution is 9.10. The van der Waals surface area contributed by atoms with E-state index in [0.717, 1.165) is 10.1 Å². The maximum atomic E-state index is 4.64. The lowest BCUT2D eigenvalue weighted by molar-refractivity contribution is 0.529. The summed E-state index contributed by atoms with van der Waals surface area (Å²) < 4.78 is 3.02. The van der Waals surface area contributed by atoms with Crippen molar-refractivity contribution in [3.8, 4) is 0 Å². The minimum Gasteiger partial charge on any atom is -0.310 e. The predicted molar refractivity (Wildman–Crippen MR) is 120 cm³/mol. The van der Waals surface area contributed by atoms with Gasteiger partial charge in [-0.2, -0.15) is 0 Å². The van der Waals surface area contributed by atoms with Crippen molar-refractivity contribution in [3.05, 3.63) is 131 Å². The van der Waals surface area contributed by atoms with E-state index in [9.17, 15) is 0 Å². The Kier molecular flexibility index (Phi) is 4.49. The van der Waals surface area contributed by atoms with Gasteiger partial charge in [-0.3, -0.25) is 0 Å². The zero-order valence-corrected chi connectivity index (χ0v) is 17.2. The molecular weight excluding hydrogens is 422 g/mol. The van der Waals surface area contributed by atoms with E-state index in [1.807, 2.05) is 12.4 Å². The minimum absolute atomic E-state index is 0.575.